The van der Waals surface area contributed by atoms with Crippen molar-refractivity contribution in [2.24, 2.45) is 0 Å². The minimum absolute atomic E-state index is 0.413. The van der Waals surface area contributed by atoms with Crippen molar-refractivity contribution in [2.45, 2.75) is 96.9 Å². The molecular formula is C19H37NO4. The van der Waals surface area contributed by atoms with Gasteiger partial charge in [0.25, 0.3) is 0 Å². The topological polar surface area (TPSA) is 64.6 Å². The molecule has 0 aromatic rings. The van der Waals surface area contributed by atoms with Crippen LogP contribution in [0.3, 0.4) is 0 Å². The Morgan fingerprint density at radius 1 is 0.833 bits per heavy atom. The quantitative estimate of drug-likeness (QED) is 0.336. The van der Waals surface area contributed by atoms with Crippen LogP contribution in [0, 0.1) is 0 Å². The van der Waals surface area contributed by atoms with Crippen molar-refractivity contribution in [3.05, 3.63) is 0 Å². The van der Waals surface area contributed by atoms with Gasteiger partial charge in [0.15, 0.2) is 0 Å². The molecule has 0 heterocycles. The molecule has 0 unspecified atom stereocenters. The molecule has 24 heavy (non-hydrogen) atoms. The Hall–Kier alpha value is -1.26. The van der Waals surface area contributed by atoms with Gasteiger partial charge in [0.2, 0.25) is 0 Å². The van der Waals surface area contributed by atoms with Crippen LogP contribution in [-0.2, 0) is 14.3 Å². The van der Waals surface area contributed by atoms with Crippen LogP contribution in [0.25, 0.3) is 0 Å². The van der Waals surface area contributed by atoms with Crippen LogP contribution in [0.15, 0.2) is 0 Å². The standard InChI is InChI=1S/C19H37NO4/c1-4-5-6-7-8-9-10-11-12-13-14-15-16-24-18(21)17(2)20-19(22)23-3/h17H,4-16H2,1-3H3,(H,20,22)/t17-/m0/s1. The second kappa shape index (κ2) is 16.6. The monoisotopic (exact) mass is 343 g/mol. The van der Waals surface area contributed by atoms with E-state index in [1.165, 1.54) is 71.3 Å². The van der Waals surface area contributed by atoms with Crippen LogP contribution in [0.5, 0.6) is 0 Å². The van der Waals surface area contributed by atoms with Crippen LogP contribution >= 0.6 is 0 Å². The maximum atomic E-state index is 11.6. The van der Waals surface area contributed by atoms with Gasteiger partial charge in [-0.2, -0.15) is 0 Å². The fraction of sp³-hybridized carbons (Fsp3) is 0.895. The third kappa shape index (κ3) is 14.3. The maximum absolute atomic E-state index is 11.6. The molecule has 0 aliphatic carbocycles. The highest BCUT2D eigenvalue weighted by Crippen LogP contribution is 2.11. The van der Waals surface area contributed by atoms with Gasteiger partial charge in [0.05, 0.1) is 13.7 Å². The van der Waals surface area contributed by atoms with Gasteiger partial charge in [0.1, 0.15) is 6.04 Å². The number of ether oxygens (including phenoxy) is 2. The van der Waals surface area contributed by atoms with E-state index in [0.717, 1.165) is 12.8 Å². The van der Waals surface area contributed by atoms with Gasteiger partial charge in [-0.25, -0.2) is 9.59 Å². The summed E-state index contributed by atoms with van der Waals surface area (Å²) >= 11 is 0. The van der Waals surface area contributed by atoms with Gasteiger partial charge in [-0.15, -0.1) is 0 Å². The predicted molar refractivity (Wildman–Crippen MR) is 97.0 cm³/mol. The number of amides is 1. The first-order valence-electron chi connectivity index (χ1n) is 9.63. The summed E-state index contributed by atoms with van der Waals surface area (Å²) in [5, 5.41) is 2.39. The lowest BCUT2D eigenvalue weighted by molar-refractivity contribution is -0.145. The van der Waals surface area contributed by atoms with Gasteiger partial charge in [-0.3, -0.25) is 0 Å². The summed E-state index contributed by atoms with van der Waals surface area (Å²) in [6.45, 7) is 4.26. The molecule has 1 N–H and O–H groups in total. The molecule has 0 rings (SSSR count). The molecule has 0 spiro atoms. The lowest BCUT2D eigenvalue weighted by Crippen LogP contribution is -2.39. The lowest BCUT2D eigenvalue weighted by atomic mass is 10.1. The van der Waals surface area contributed by atoms with E-state index in [0.29, 0.717) is 6.61 Å². The van der Waals surface area contributed by atoms with Crippen LogP contribution in [-0.4, -0.2) is 31.8 Å². The SMILES string of the molecule is CCCCCCCCCCCCCCOC(=O)[C@H](C)NC(=O)OC. The van der Waals surface area contributed by atoms with E-state index in [9.17, 15) is 9.59 Å². The van der Waals surface area contributed by atoms with Crippen molar-refractivity contribution in [1.29, 1.82) is 0 Å². The molecule has 142 valence electrons. The molecule has 0 saturated carbocycles. The van der Waals surface area contributed by atoms with Gasteiger partial charge in [-0.1, -0.05) is 77.6 Å². The molecule has 0 aromatic carbocycles. The zero-order chi connectivity index (χ0) is 18.0. The number of hydrogen-bond donors (Lipinski definition) is 1. The minimum atomic E-state index is -0.672. The van der Waals surface area contributed by atoms with Gasteiger partial charge < -0.3 is 14.8 Å². The number of alkyl carbamates (subject to hydrolysis) is 1. The summed E-state index contributed by atoms with van der Waals surface area (Å²) in [7, 11) is 1.26. The Kier molecular flexibility index (Phi) is 15.7. The molecule has 0 aliphatic rings. The minimum Gasteiger partial charge on any atom is -0.464 e. The van der Waals surface area contributed by atoms with Crippen LogP contribution in [0.4, 0.5) is 4.79 Å². The first-order valence-corrected chi connectivity index (χ1v) is 9.63. The zero-order valence-electron chi connectivity index (χ0n) is 15.9. The highest BCUT2D eigenvalue weighted by Gasteiger charge is 2.16. The summed E-state index contributed by atoms with van der Waals surface area (Å²) in [6, 6.07) is -0.672. The van der Waals surface area contributed by atoms with Crippen LogP contribution in [0.2, 0.25) is 0 Å². The first-order chi connectivity index (χ1) is 11.6. The van der Waals surface area contributed by atoms with Crippen LogP contribution in [0.1, 0.15) is 90.9 Å². The number of nitrogens with one attached hydrogen (secondary N) is 1. The van der Waals surface area contributed by atoms with Gasteiger partial charge in [0, 0.05) is 0 Å². The largest absolute Gasteiger partial charge is 0.464 e. The molecular weight excluding hydrogens is 306 g/mol. The Labute approximate surface area is 147 Å². The molecule has 0 fully saturated rings. The molecule has 0 saturated heterocycles. The lowest BCUT2D eigenvalue weighted by Gasteiger charge is -2.12. The molecule has 5 heteroatoms. The zero-order valence-corrected chi connectivity index (χ0v) is 15.9. The smallest absolute Gasteiger partial charge is 0.407 e. The highest BCUT2D eigenvalue weighted by molar-refractivity contribution is 5.80. The van der Waals surface area contributed by atoms with E-state index >= 15 is 0 Å². The molecule has 1 amide bonds. The Morgan fingerprint density at radius 3 is 1.75 bits per heavy atom. The normalized spacial score (nSPS) is 11.8. The summed E-state index contributed by atoms with van der Waals surface area (Å²) in [5.41, 5.74) is 0. The number of unbranched alkanes of at least 4 members (excludes halogenated alkanes) is 11. The summed E-state index contributed by atoms with van der Waals surface area (Å²) in [4.78, 5) is 22.6. The number of methoxy groups -OCH3 is 1. The van der Waals surface area contributed by atoms with Crippen molar-refractivity contribution in [1.82, 2.24) is 5.32 Å². The fourth-order valence-electron chi connectivity index (χ4n) is 2.54. The van der Waals surface area contributed by atoms with Crippen molar-refractivity contribution in [2.75, 3.05) is 13.7 Å². The second-order valence-corrected chi connectivity index (χ2v) is 6.41. The number of esters is 1. The highest BCUT2D eigenvalue weighted by atomic mass is 16.5. The van der Waals surface area contributed by atoms with E-state index in [4.69, 9.17) is 4.74 Å². The van der Waals surface area contributed by atoms with E-state index in [-0.39, 0.29) is 0 Å². The summed E-state index contributed by atoms with van der Waals surface area (Å²) in [5.74, 6) is -0.413. The Balaban J connectivity index is 3.30. The third-order valence-electron chi connectivity index (χ3n) is 4.12. The van der Waals surface area contributed by atoms with E-state index in [1.54, 1.807) is 6.92 Å². The Bertz CT molecular complexity index is 320. The van der Waals surface area contributed by atoms with Crippen molar-refractivity contribution in [3.8, 4) is 0 Å². The van der Waals surface area contributed by atoms with Gasteiger partial charge >= 0.3 is 12.1 Å². The number of hydrogen-bond acceptors (Lipinski definition) is 4. The number of carbonyl (C=O) groups excluding carboxylic acids is 2. The van der Waals surface area contributed by atoms with Crippen molar-refractivity contribution in [3.63, 3.8) is 0 Å². The Morgan fingerprint density at radius 2 is 1.29 bits per heavy atom. The van der Waals surface area contributed by atoms with Crippen LogP contribution < -0.4 is 5.32 Å². The van der Waals surface area contributed by atoms with E-state index < -0.39 is 18.1 Å². The molecule has 0 bridgehead atoms. The van der Waals surface area contributed by atoms with Gasteiger partial charge in [-0.05, 0) is 13.3 Å². The average Bonchev–Trinajstić information content (AvgIpc) is 2.58. The number of rotatable bonds is 15. The van der Waals surface area contributed by atoms with E-state index in [2.05, 4.69) is 17.0 Å². The van der Waals surface area contributed by atoms with E-state index in [1.807, 2.05) is 0 Å². The van der Waals surface area contributed by atoms with Crippen molar-refractivity contribution < 1.29 is 19.1 Å². The predicted octanol–water partition coefficient (Wildman–Crippen LogP) is 4.98. The molecule has 1 atom stereocenters. The second-order valence-electron chi connectivity index (χ2n) is 6.41. The molecule has 0 radical (unpaired) electrons. The van der Waals surface area contributed by atoms with Crippen molar-refractivity contribution >= 4 is 12.1 Å². The molecule has 0 aromatic heterocycles. The molecule has 5 nitrogen and oxygen atoms in total. The maximum Gasteiger partial charge on any atom is 0.407 e. The third-order valence-corrected chi connectivity index (χ3v) is 4.12. The summed E-state index contributed by atoms with van der Waals surface area (Å²) < 4.78 is 9.57. The average molecular weight is 344 g/mol. The first kappa shape index (κ1) is 22.7. The fourth-order valence-corrected chi connectivity index (χ4v) is 2.54. The number of carbonyl (C=O) groups is 2. The molecule has 0 aliphatic heterocycles. The summed E-state index contributed by atoms with van der Waals surface area (Å²) in [6.07, 6.45) is 14.7.